The molecule has 1 aromatic rings. The summed E-state index contributed by atoms with van der Waals surface area (Å²) in [5.41, 5.74) is 3.52. The Hall–Kier alpha value is -2.23. The van der Waals surface area contributed by atoms with Crippen molar-refractivity contribution in [2.45, 2.75) is 27.2 Å². The van der Waals surface area contributed by atoms with Gasteiger partial charge in [-0.1, -0.05) is 17.3 Å². The van der Waals surface area contributed by atoms with Gasteiger partial charge in [0, 0.05) is 24.9 Å². The van der Waals surface area contributed by atoms with Gasteiger partial charge in [-0.15, -0.1) is 0 Å². The van der Waals surface area contributed by atoms with Crippen molar-refractivity contribution in [2.24, 2.45) is 10.1 Å². The van der Waals surface area contributed by atoms with Crippen LogP contribution in [0.15, 0.2) is 52.8 Å². The molecule has 0 saturated heterocycles. The second kappa shape index (κ2) is 8.80. The second-order valence-corrected chi connectivity index (χ2v) is 4.24. The van der Waals surface area contributed by atoms with Crippen LogP contribution >= 0.6 is 0 Å². The minimum atomic E-state index is 0.720. The third kappa shape index (κ3) is 5.61. The number of rotatable bonds is 6. The Morgan fingerprint density at radius 3 is 2.85 bits per heavy atom. The highest BCUT2D eigenvalue weighted by atomic mass is 16.6. The van der Waals surface area contributed by atoms with E-state index in [-0.39, 0.29) is 0 Å². The summed E-state index contributed by atoms with van der Waals surface area (Å²) >= 11 is 0. The van der Waals surface area contributed by atoms with Crippen molar-refractivity contribution in [2.75, 3.05) is 7.05 Å². The van der Waals surface area contributed by atoms with Crippen molar-refractivity contribution in [3.63, 3.8) is 0 Å². The van der Waals surface area contributed by atoms with Gasteiger partial charge in [-0.25, -0.2) is 0 Å². The summed E-state index contributed by atoms with van der Waals surface area (Å²) in [7, 11) is 1.77. The van der Waals surface area contributed by atoms with Crippen molar-refractivity contribution in [3.05, 3.63) is 54.1 Å². The van der Waals surface area contributed by atoms with Crippen molar-refractivity contribution in [3.8, 4) is 0 Å². The molecule has 0 saturated carbocycles. The van der Waals surface area contributed by atoms with E-state index in [9.17, 15) is 0 Å². The molecule has 106 valence electrons. The van der Waals surface area contributed by atoms with Gasteiger partial charge in [0.2, 0.25) is 0 Å². The lowest BCUT2D eigenvalue weighted by Crippen LogP contribution is -1.99. The maximum Gasteiger partial charge on any atom is 0.118 e. The number of oxime groups is 1. The fraction of sp³-hybridized carbons (Fsp3) is 0.312. The third-order valence-electron chi connectivity index (χ3n) is 2.58. The van der Waals surface area contributed by atoms with Gasteiger partial charge >= 0.3 is 0 Å². The fourth-order valence-corrected chi connectivity index (χ4v) is 1.54. The number of allylic oxidation sites excluding steroid dienone is 3. The highest BCUT2D eigenvalue weighted by molar-refractivity contribution is 5.96. The van der Waals surface area contributed by atoms with Crippen LogP contribution in [0.5, 0.6) is 0 Å². The van der Waals surface area contributed by atoms with Gasteiger partial charge in [0.15, 0.2) is 0 Å². The van der Waals surface area contributed by atoms with Crippen molar-refractivity contribution in [1.82, 2.24) is 4.98 Å². The zero-order valence-electron chi connectivity index (χ0n) is 12.5. The number of aryl methyl sites for hydroxylation is 1. The Bertz CT molecular complexity index is 542. The van der Waals surface area contributed by atoms with E-state index < -0.39 is 0 Å². The van der Waals surface area contributed by atoms with Crippen LogP contribution in [-0.4, -0.2) is 23.5 Å². The highest BCUT2D eigenvalue weighted by Gasteiger charge is 1.98. The van der Waals surface area contributed by atoms with E-state index >= 15 is 0 Å². The first-order chi connectivity index (χ1) is 9.67. The monoisotopic (exact) mass is 271 g/mol. The lowest BCUT2D eigenvalue weighted by molar-refractivity contribution is 0.267. The average molecular weight is 271 g/mol. The van der Waals surface area contributed by atoms with Crippen LogP contribution in [0.2, 0.25) is 0 Å². The number of nitrogens with zero attached hydrogens (tertiary/aromatic N) is 3. The van der Waals surface area contributed by atoms with E-state index in [1.54, 1.807) is 13.3 Å². The van der Waals surface area contributed by atoms with Crippen LogP contribution in [-0.2, 0) is 4.84 Å². The molecule has 0 bridgehead atoms. The molecule has 1 heterocycles. The number of aliphatic imine (C=N–C) groups is 1. The van der Waals surface area contributed by atoms with Crippen LogP contribution in [0.1, 0.15) is 31.7 Å². The first-order valence-electron chi connectivity index (χ1n) is 6.55. The molecule has 0 aliphatic heterocycles. The third-order valence-corrected chi connectivity index (χ3v) is 2.58. The predicted octanol–water partition coefficient (Wildman–Crippen LogP) is 3.68. The molecule has 4 heteroatoms. The number of hydrogen-bond acceptors (Lipinski definition) is 4. The molecular weight excluding hydrogens is 250 g/mol. The minimum absolute atomic E-state index is 0.720. The van der Waals surface area contributed by atoms with Gasteiger partial charge in [-0.2, -0.15) is 0 Å². The molecular formula is C16H21N3O. The van der Waals surface area contributed by atoms with Gasteiger partial charge < -0.3 is 4.84 Å². The molecule has 1 rings (SSSR count). The van der Waals surface area contributed by atoms with Gasteiger partial charge in [-0.3, -0.25) is 9.98 Å². The van der Waals surface area contributed by atoms with E-state index in [1.807, 2.05) is 57.2 Å². The number of pyridine rings is 1. The smallest absolute Gasteiger partial charge is 0.118 e. The number of aromatic nitrogens is 1. The van der Waals surface area contributed by atoms with E-state index in [2.05, 4.69) is 15.1 Å². The van der Waals surface area contributed by atoms with Crippen molar-refractivity contribution < 1.29 is 4.84 Å². The summed E-state index contributed by atoms with van der Waals surface area (Å²) in [6, 6.07) is 5.81. The van der Waals surface area contributed by atoms with E-state index in [0.717, 1.165) is 29.2 Å². The average Bonchev–Trinajstić information content (AvgIpc) is 2.45. The molecule has 0 aliphatic carbocycles. The molecule has 0 fully saturated rings. The van der Waals surface area contributed by atoms with Crippen LogP contribution in [0.25, 0.3) is 0 Å². The number of hydrogen-bond donors (Lipinski definition) is 0. The van der Waals surface area contributed by atoms with E-state index in [1.165, 1.54) is 0 Å². The van der Waals surface area contributed by atoms with Crippen LogP contribution in [0.4, 0.5) is 0 Å². The second-order valence-electron chi connectivity index (χ2n) is 4.24. The molecule has 0 aromatic carbocycles. The minimum Gasteiger partial charge on any atom is -0.365 e. The van der Waals surface area contributed by atoms with Crippen LogP contribution in [0, 0.1) is 6.92 Å². The zero-order chi connectivity index (χ0) is 14.8. The van der Waals surface area contributed by atoms with E-state index in [4.69, 9.17) is 4.84 Å². The Balaban J connectivity index is 2.52. The maximum atomic E-state index is 5.15. The molecule has 0 amide bonds. The Morgan fingerprint density at radius 2 is 2.20 bits per heavy atom. The quantitative estimate of drug-likeness (QED) is 0.450. The molecule has 0 spiro atoms. The lowest BCUT2D eigenvalue weighted by Gasteiger charge is -1.99. The first-order valence-corrected chi connectivity index (χ1v) is 6.55. The summed E-state index contributed by atoms with van der Waals surface area (Å²) in [6.07, 6.45) is 8.09. The Morgan fingerprint density at radius 1 is 1.40 bits per heavy atom. The molecule has 1 aromatic heterocycles. The summed E-state index contributed by atoms with van der Waals surface area (Å²) in [5, 5.41) is 4.01. The topological polar surface area (TPSA) is 46.8 Å². The van der Waals surface area contributed by atoms with Crippen molar-refractivity contribution in [1.29, 1.82) is 0 Å². The zero-order valence-corrected chi connectivity index (χ0v) is 12.5. The summed E-state index contributed by atoms with van der Waals surface area (Å²) in [5.74, 6) is 0. The Kier molecular flexibility index (Phi) is 6.96. The van der Waals surface area contributed by atoms with Gasteiger partial charge in [0.05, 0.1) is 5.69 Å². The molecule has 0 N–H and O–H groups in total. The molecule has 4 nitrogen and oxygen atoms in total. The standard InChI is InChI=1S/C16H21N3O/c1-5-8-15(17-4)10-7-12-20-19-14(3)16-11-6-9-13(2)18-16/h5-9,11-12H,10H2,1-4H3/b8-5-,12-7-,17-15?,19-14?. The predicted molar refractivity (Wildman–Crippen MR) is 84.2 cm³/mol. The first kappa shape index (κ1) is 15.8. The normalized spacial score (nSPS) is 13.4. The fourth-order valence-electron chi connectivity index (χ4n) is 1.54. The summed E-state index contributed by atoms with van der Waals surface area (Å²) in [6.45, 7) is 5.78. The van der Waals surface area contributed by atoms with Crippen LogP contribution in [0.3, 0.4) is 0 Å². The summed E-state index contributed by atoms with van der Waals surface area (Å²) in [4.78, 5) is 13.7. The SMILES string of the molecule is C/C=C\C(C/C=C\ON=C(C)c1cccc(C)n1)=NC. The van der Waals surface area contributed by atoms with Gasteiger partial charge in [0.25, 0.3) is 0 Å². The summed E-state index contributed by atoms with van der Waals surface area (Å²) < 4.78 is 0. The molecule has 0 radical (unpaired) electrons. The molecule has 0 unspecified atom stereocenters. The lowest BCUT2D eigenvalue weighted by atomic mass is 10.2. The molecule has 20 heavy (non-hydrogen) atoms. The van der Waals surface area contributed by atoms with Gasteiger partial charge in [0.1, 0.15) is 12.0 Å². The molecule has 0 aliphatic rings. The van der Waals surface area contributed by atoms with Crippen molar-refractivity contribution >= 4 is 11.4 Å². The van der Waals surface area contributed by atoms with Crippen LogP contribution < -0.4 is 0 Å². The largest absolute Gasteiger partial charge is 0.365 e. The van der Waals surface area contributed by atoms with Gasteiger partial charge in [-0.05, 0) is 45.1 Å². The Labute approximate surface area is 120 Å². The van der Waals surface area contributed by atoms with E-state index in [0.29, 0.717) is 0 Å². The maximum absolute atomic E-state index is 5.15. The highest BCUT2D eigenvalue weighted by Crippen LogP contribution is 2.01. The molecule has 0 atom stereocenters.